The molecular weight excluding hydrogens is 199 g/mol. The maximum atomic E-state index is 10.6. The molecule has 0 spiro atoms. The molecule has 0 unspecified atom stereocenters. The van der Waals surface area contributed by atoms with E-state index in [1.807, 2.05) is 30.4 Å². The van der Waals surface area contributed by atoms with Crippen molar-refractivity contribution in [3.63, 3.8) is 0 Å². The summed E-state index contributed by atoms with van der Waals surface area (Å²) in [6.45, 7) is 0. The molecule has 2 nitrogen and oxygen atoms in total. The number of rotatable bonds is 2. The first-order valence-electron chi connectivity index (χ1n) is 4.43. The van der Waals surface area contributed by atoms with Gasteiger partial charge in [0.1, 0.15) is 0 Å². The number of hydrogen-bond acceptors (Lipinski definition) is 2. The van der Waals surface area contributed by atoms with Gasteiger partial charge in [-0.05, 0) is 17.2 Å². The van der Waals surface area contributed by atoms with Gasteiger partial charge in [-0.25, -0.2) is 0 Å². The summed E-state index contributed by atoms with van der Waals surface area (Å²) in [6, 6.07) is 6.85. The Morgan fingerprint density at radius 1 is 1.20 bits per heavy atom. The minimum atomic E-state index is -1.13. The van der Waals surface area contributed by atoms with E-state index in [1.165, 1.54) is 0 Å². The summed E-state index contributed by atoms with van der Waals surface area (Å²) in [7, 11) is 0. The third-order valence-electron chi connectivity index (χ3n) is 2.26. The van der Waals surface area contributed by atoms with Crippen molar-refractivity contribution in [3.8, 4) is 0 Å². The molecule has 1 aromatic carbocycles. The summed E-state index contributed by atoms with van der Waals surface area (Å²) in [5, 5.41) is 10.6. The molecule has 1 aromatic rings. The molecule has 2 rings (SSSR count). The molecule has 0 bridgehead atoms. The molecule has 0 saturated heterocycles. The zero-order valence-electron chi connectivity index (χ0n) is 8.51. The van der Waals surface area contributed by atoms with Gasteiger partial charge in [0.15, 0.2) is 0 Å². The van der Waals surface area contributed by atoms with Crippen molar-refractivity contribution < 1.29 is 39.5 Å². The number of carboxylic acid groups (broad SMARTS) is 1. The molecule has 0 saturated carbocycles. The van der Waals surface area contributed by atoms with E-state index < -0.39 is 5.97 Å². The fourth-order valence-electron chi connectivity index (χ4n) is 1.53. The molecule has 0 N–H and O–H groups in total. The van der Waals surface area contributed by atoms with Crippen LogP contribution in [0.1, 0.15) is 21.8 Å². The van der Waals surface area contributed by atoms with Gasteiger partial charge in [-0.1, -0.05) is 42.5 Å². The molecule has 1 aliphatic rings. The van der Waals surface area contributed by atoms with Crippen LogP contribution in [0.15, 0.2) is 48.6 Å². The Morgan fingerprint density at radius 3 is 2.47 bits per heavy atom. The van der Waals surface area contributed by atoms with E-state index >= 15 is 0 Å². The molecule has 70 valence electrons. The first kappa shape index (κ1) is 12.2. The molecule has 15 heavy (non-hydrogen) atoms. The molecule has 3 heteroatoms. The maximum absolute atomic E-state index is 10.6. The SMILES string of the molecule is O=C([O-])c1cccc(C2C=CC=C2)c1.[Na+]. The predicted molar refractivity (Wildman–Crippen MR) is 51.8 cm³/mol. The fourth-order valence-corrected chi connectivity index (χ4v) is 1.53. The Labute approximate surface area is 111 Å². The smallest absolute Gasteiger partial charge is 0.545 e. The Hall–Kier alpha value is -0.830. The Balaban J connectivity index is 0.00000112. The van der Waals surface area contributed by atoms with Crippen LogP contribution in [0.25, 0.3) is 0 Å². The third-order valence-corrected chi connectivity index (χ3v) is 2.26. The molecule has 0 amide bonds. The van der Waals surface area contributed by atoms with E-state index in [4.69, 9.17) is 0 Å². The first-order valence-corrected chi connectivity index (χ1v) is 4.43. The van der Waals surface area contributed by atoms with E-state index in [2.05, 4.69) is 0 Å². The second-order valence-electron chi connectivity index (χ2n) is 3.21. The van der Waals surface area contributed by atoms with Gasteiger partial charge in [0.2, 0.25) is 0 Å². The van der Waals surface area contributed by atoms with Crippen LogP contribution in [0, 0.1) is 0 Å². The summed E-state index contributed by atoms with van der Waals surface area (Å²) < 4.78 is 0. The van der Waals surface area contributed by atoms with Crippen LogP contribution < -0.4 is 34.7 Å². The summed E-state index contributed by atoms with van der Waals surface area (Å²) >= 11 is 0. The van der Waals surface area contributed by atoms with Crippen molar-refractivity contribution >= 4 is 5.97 Å². The summed E-state index contributed by atoms with van der Waals surface area (Å²) in [6.07, 6.45) is 7.95. The number of benzene rings is 1. The van der Waals surface area contributed by atoms with Gasteiger partial charge in [0, 0.05) is 5.92 Å². The number of carboxylic acids is 1. The minimum absolute atomic E-state index is 0. The average molecular weight is 208 g/mol. The monoisotopic (exact) mass is 208 g/mol. The number of carbonyl (C=O) groups excluding carboxylic acids is 1. The van der Waals surface area contributed by atoms with E-state index in [-0.39, 0.29) is 41.0 Å². The van der Waals surface area contributed by atoms with E-state index in [0.29, 0.717) is 0 Å². The minimum Gasteiger partial charge on any atom is -0.545 e. The van der Waals surface area contributed by atoms with Crippen LogP contribution in [-0.4, -0.2) is 5.97 Å². The Bertz CT molecular complexity index is 409. The van der Waals surface area contributed by atoms with Gasteiger partial charge in [0.25, 0.3) is 0 Å². The van der Waals surface area contributed by atoms with E-state index in [0.717, 1.165) is 5.56 Å². The summed E-state index contributed by atoms with van der Waals surface area (Å²) in [4.78, 5) is 10.6. The van der Waals surface area contributed by atoms with Crippen molar-refractivity contribution in [2.24, 2.45) is 0 Å². The molecule has 0 heterocycles. The quantitative estimate of drug-likeness (QED) is 0.541. The largest absolute Gasteiger partial charge is 1.00 e. The first-order chi connectivity index (χ1) is 6.77. The van der Waals surface area contributed by atoms with Crippen LogP contribution in [0.3, 0.4) is 0 Å². The van der Waals surface area contributed by atoms with Crippen molar-refractivity contribution in [3.05, 3.63) is 59.7 Å². The zero-order valence-corrected chi connectivity index (χ0v) is 10.5. The predicted octanol–water partition coefficient (Wildman–Crippen LogP) is -1.74. The summed E-state index contributed by atoms with van der Waals surface area (Å²) in [5.74, 6) is -0.924. The van der Waals surface area contributed by atoms with Crippen LogP contribution in [-0.2, 0) is 0 Å². The molecule has 0 aromatic heterocycles. The summed E-state index contributed by atoms with van der Waals surface area (Å²) in [5.41, 5.74) is 1.22. The molecular formula is C12H9NaO2. The molecule has 0 fully saturated rings. The zero-order chi connectivity index (χ0) is 9.97. The van der Waals surface area contributed by atoms with Crippen LogP contribution in [0.5, 0.6) is 0 Å². The van der Waals surface area contributed by atoms with Crippen LogP contribution in [0.2, 0.25) is 0 Å². The van der Waals surface area contributed by atoms with Gasteiger partial charge < -0.3 is 9.90 Å². The van der Waals surface area contributed by atoms with Crippen molar-refractivity contribution in [1.29, 1.82) is 0 Å². The van der Waals surface area contributed by atoms with Gasteiger partial charge >= 0.3 is 29.6 Å². The number of hydrogen-bond donors (Lipinski definition) is 0. The average Bonchev–Trinajstić information content (AvgIpc) is 2.71. The van der Waals surface area contributed by atoms with Gasteiger partial charge in [-0.2, -0.15) is 0 Å². The van der Waals surface area contributed by atoms with Gasteiger partial charge in [-0.3, -0.25) is 0 Å². The normalized spacial score (nSPS) is 13.9. The Kier molecular flexibility index (Phi) is 4.33. The third kappa shape index (κ3) is 2.81. The van der Waals surface area contributed by atoms with E-state index in [1.54, 1.807) is 18.2 Å². The van der Waals surface area contributed by atoms with Crippen LogP contribution in [0.4, 0.5) is 0 Å². The number of allylic oxidation sites excluding steroid dienone is 4. The van der Waals surface area contributed by atoms with E-state index in [9.17, 15) is 9.90 Å². The van der Waals surface area contributed by atoms with Gasteiger partial charge in [-0.15, -0.1) is 0 Å². The molecule has 0 radical (unpaired) electrons. The number of aromatic carboxylic acids is 1. The maximum Gasteiger partial charge on any atom is 1.00 e. The fraction of sp³-hybridized carbons (Fsp3) is 0.0833. The van der Waals surface area contributed by atoms with Crippen LogP contribution >= 0.6 is 0 Å². The van der Waals surface area contributed by atoms with Crippen molar-refractivity contribution in [2.45, 2.75) is 5.92 Å². The Morgan fingerprint density at radius 2 is 1.87 bits per heavy atom. The second kappa shape index (κ2) is 5.31. The standard InChI is InChI=1S/C12H10O2.Na/c13-12(14)11-7-3-6-10(8-11)9-4-1-2-5-9;/h1-9H,(H,13,14);/q;+1/p-1. The van der Waals surface area contributed by atoms with Crippen molar-refractivity contribution in [1.82, 2.24) is 0 Å². The van der Waals surface area contributed by atoms with Crippen molar-refractivity contribution in [2.75, 3.05) is 0 Å². The second-order valence-corrected chi connectivity index (χ2v) is 3.21. The topological polar surface area (TPSA) is 40.1 Å². The van der Waals surface area contributed by atoms with Gasteiger partial charge in [0.05, 0.1) is 5.97 Å². The number of carbonyl (C=O) groups is 1. The molecule has 0 aliphatic heterocycles. The molecule has 1 aliphatic carbocycles. The molecule has 0 atom stereocenters.